The van der Waals surface area contributed by atoms with Gasteiger partial charge in [-0.15, -0.1) is 0 Å². The Hall–Kier alpha value is -0.0800. The second-order valence-corrected chi connectivity index (χ2v) is 6.27. The highest BCUT2D eigenvalue weighted by molar-refractivity contribution is 4.90. The van der Waals surface area contributed by atoms with Crippen LogP contribution in [0.3, 0.4) is 0 Å². The molecule has 5 unspecified atom stereocenters. The molecule has 1 saturated heterocycles. The van der Waals surface area contributed by atoms with Gasteiger partial charge in [0.15, 0.2) is 0 Å². The summed E-state index contributed by atoms with van der Waals surface area (Å²) >= 11 is 0. The van der Waals surface area contributed by atoms with Crippen LogP contribution in [-0.4, -0.2) is 34.7 Å². The molecule has 0 aromatic heterocycles. The van der Waals surface area contributed by atoms with Crippen molar-refractivity contribution in [2.24, 2.45) is 11.8 Å². The molecular weight excluding hydrogens is 198 g/mol. The normalized spacial score (nSPS) is 46.9. The van der Waals surface area contributed by atoms with E-state index < -0.39 is 0 Å². The fourth-order valence-electron chi connectivity index (χ4n) is 3.61. The first-order chi connectivity index (χ1) is 7.58. The van der Waals surface area contributed by atoms with Crippen molar-refractivity contribution in [3.05, 3.63) is 0 Å². The van der Waals surface area contributed by atoms with Crippen molar-refractivity contribution in [2.45, 2.75) is 71.1 Å². The molecule has 2 aliphatic rings. The summed E-state index contributed by atoms with van der Waals surface area (Å²) in [5.41, 5.74) is 0. The van der Waals surface area contributed by atoms with Crippen molar-refractivity contribution >= 4 is 0 Å². The van der Waals surface area contributed by atoms with Crippen molar-refractivity contribution in [1.29, 1.82) is 0 Å². The monoisotopic (exact) mass is 225 g/mol. The van der Waals surface area contributed by atoms with Crippen LogP contribution in [0.4, 0.5) is 0 Å². The number of likely N-dealkylation sites (tertiary alicyclic amines) is 1. The Morgan fingerprint density at radius 1 is 0.938 bits per heavy atom. The van der Waals surface area contributed by atoms with Gasteiger partial charge in [0, 0.05) is 12.1 Å². The third-order valence-corrected chi connectivity index (χ3v) is 4.66. The van der Waals surface area contributed by atoms with E-state index in [-0.39, 0.29) is 6.10 Å². The number of piperidine rings is 1. The Morgan fingerprint density at radius 3 is 2.31 bits per heavy atom. The highest BCUT2D eigenvalue weighted by Gasteiger charge is 2.35. The molecule has 1 aliphatic heterocycles. The zero-order valence-corrected chi connectivity index (χ0v) is 11.0. The Bertz CT molecular complexity index is 231. The van der Waals surface area contributed by atoms with Crippen LogP contribution >= 0.6 is 0 Å². The second kappa shape index (κ2) is 5.05. The summed E-state index contributed by atoms with van der Waals surface area (Å²) in [6.07, 6.45) is 5.94. The van der Waals surface area contributed by atoms with Gasteiger partial charge in [0.25, 0.3) is 0 Å². The van der Waals surface area contributed by atoms with E-state index in [0.717, 1.165) is 18.3 Å². The zero-order chi connectivity index (χ0) is 11.7. The van der Waals surface area contributed by atoms with Crippen LogP contribution in [0.15, 0.2) is 0 Å². The van der Waals surface area contributed by atoms with Crippen LogP contribution in [0.25, 0.3) is 0 Å². The largest absolute Gasteiger partial charge is 0.391 e. The van der Waals surface area contributed by atoms with Crippen molar-refractivity contribution in [3.8, 4) is 0 Å². The van der Waals surface area contributed by atoms with Crippen LogP contribution in [-0.2, 0) is 0 Å². The average molecular weight is 225 g/mol. The first-order valence-corrected chi connectivity index (χ1v) is 7.01. The highest BCUT2D eigenvalue weighted by atomic mass is 16.3. The topological polar surface area (TPSA) is 23.5 Å². The third kappa shape index (κ3) is 2.60. The molecule has 0 amide bonds. The molecule has 1 heterocycles. The first-order valence-electron chi connectivity index (χ1n) is 7.01. The van der Waals surface area contributed by atoms with Crippen LogP contribution < -0.4 is 0 Å². The van der Waals surface area contributed by atoms with Gasteiger partial charge in [-0.2, -0.15) is 0 Å². The number of hydrogen-bond acceptors (Lipinski definition) is 2. The minimum atomic E-state index is -0.0768. The van der Waals surface area contributed by atoms with Crippen molar-refractivity contribution in [3.63, 3.8) is 0 Å². The van der Waals surface area contributed by atoms with Gasteiger partial charge >= 0.3 is 0 Å². The Morgan fingerprint density at radius 2 is 1.62 bits per heavy atom. The Kier molecular flexibility index (Phi) is 3.91. The van der Waals surface area contributed by atoms with E-state index in [0.29, 0.717) is 12.1 Å². The van der Waals surface area contributed by atoms with E-state index in [2.05, 4.69) is 25.7 Å². The minimum absolute atomic E-state index is 0.0768. The van der Waals surface area contributed by atoms with Gasteiger partial charge < -0.3 is 5.11 Å². The fraction of sp³-hybridized carbons (Fsp3) is 1.00. The van der Waals surface area contributed by atoms with E-state index >= 15 is 0 Å². The highest BCUT2D eigenvalue weighted by Crippen LogP contribution is 2.32. The summed E-state index contributed by atoms with van der Waals surface area (Å²) in [6.45, 7) is 8.21. The van der Waals surface area contributed by atoms with E-state index in [9.17, 15) is 5.11 Å². The predicted octanol–water partition coefficient (Wildman–Crippen LogP) is 2.66. The summed E-state index contributed by atoms with van der Waals surface area (Å²) in [4.78, 5) is 2.58. The van der Waals surface area contributed by atoms with E-state index in [1.165, 1.54) is 32.2 Å². The Balaban J connectivity index is 1.99. The molecule has 0 spiro atoms. The Labute approximate surface area is 100 Å². The predicted molar refractivity (Wildman–Crippen MR) is 67.4 cm³/mol. The number of aliphatic hydroxyl groups is 1. The molecule has 2 fully saturated rings. The average Bonchev–Trinajstić information content (AvgIpc) is 2.22. The summed E-state index contributed by atoms with van der Waals surface area (Å²) < 4.78 is 0. The molecule has 0 aromatic carbocycles. The molecule has 1 N–H and O–H groups in total. The summed E-state index contributed by atoms with van der Waals surface area (Å²) in [7, 11) is 0. The second-order valence-electron chi connectivity index (χ2n) is 6.27. The quantitative estimate of drug-likeness (QED) is 0.741. The van der Waals surface area contributed by atoms with Crippen LogP contribution in [0.2, 0.25) is 0 Å². The number of nitrogens with zero attached hydrogens (tertiary/aromatic N) is 1. The number of aliphatic hydroxyl groups excluding tert-OH is 1. The van der Waals surface area contributed by atoms with Crippen LogP contribution in [0, 0.1) is 11.8 Å². The number of hydrogen-bond donors (Lipinski definition) is 1. The van der Waals surface area contributed by atoms with Gasteiger partial charge in [-0.25, -0.2) is 0 Å². The smallest absolute Gasteiger partial charge is 0.0695 e. The molecule has 0 radical (unpaired) electrons. The third-order valence-electron chi connectivity index (χ3n) is 4.66. The maximum Gasteiger partial charge on any atom is 0.0695 e. The fourth-order valence-corrected chi connectivity index (χ4v) is 3.61. The minimum Gasteiger partial charge on any atom is -0.391 e. The SMILES string of the molecule is CC1CCN(C2CC(C)CCC2O)C(C)C1. The van der Waals surface area contributed by atoms with Gasteiger partial charge in [0.2, 0.25) is 0 Å². The van der Waals surface area contributed by atoms with E-state index in [1.54, 1.807) is 0 Å². The molecule has 2 rings (SSSR count). The van der Waals surface area contributed by atoms with Crippen LogP contribution in [0.1, 0.15) is 52.9 Å². The van der Waals surface area contributed by atoms with Gasteiger partial charge in [-0.3, -0.25) is 4.90 Å². The maximum absolute atomic E-state index is 10.2. The maximum atomic E-state index is 10.2. The molecule has 0 bridgehead atoms. The molecule has 1 saturated carbocycles. The van der Waals surface area contributed by atoms with Gasteiger partial charge in [0.05, 0.1) is 6.10 Å². The van der Waals surface area contributed by atoms with Gasteiger partial charge in [0.1, 0.15) is 0 Å². The van der Waals surface area contributed by atoms with E-state index in [1.807, 2.05) is 0 Å². The summed E-state index contributed by atoms with van der Waals surface area (Å²) in [6, 6.07) is 1.10. The lowest BCUT2D eigenvalue weighted by Gasteiger charge is -2.46. The molecule has 2 nitrogen and oxygen atoms in total. The van der Waals surface area contributed by atoms with Crippen LogP contribution in [0.5, 0.6) is 0 Å². The molecule has 94 valence electrons. The van der Waals surface area contributed by atoms with Gasteiger partial charge in [-0.1, -0.05) is 13.8 Å². The summed E-state index contributed by atoms with van der Waals surface area (Å²) in [5.74, 6) is 1.66. The zero-order valence-electron chi connectivity index (χ0n) is 11.0. The lowest BCUT2D eigenvalue weighted by molar-refractivity contribution is -0.0292. The number of rotatable bonds is 1. The van der Waals surface area contributed by atoms with Crippen molar-refractivity contribution in [2.75, 3.05) is 6.54 Å². The summed E-state index contributed by atoms with van der Waals surface area (Å²) in [5, 5.41) is 10.2. The lowest BCUT2D eigenvalue weighted by Crippen LogP contribution is -2.53. The van der Waals surface area contributed by atoms with E-state index in [4.69, 9.17) is 0 Å². The molecular formula is C14H27NO. The molecule has 0 aromatic rings. The molecule has 16 heavy (non-hydrogen) atoms. The molecule has 2 heteroatoms. The lowest BCUT2D eigenvalue weighted by atomic mass is 9.81. The first kappa shape index (κ1) is 12.4. The van der Waals surface area contributed by atoms with Crippen molar-refractivity contribution in [1.82, 2.24) is 4.90 Å². The standard InChI is InChI=1S/C14H27NO/c1-10-4-5-14(16)13(9-10)15-7-6-11(2)8-12(15)3/h10-14,16H,4-9H2,1-3H3. The van der Waals surface area contributed by atoms with Crippen molar-refractivity contribution < 1.29 is 5.11 Å². The van der Waals surface area contributed by atoms with Gasteiger partial charge in [-0.05, 0) is 57.4 Å². The molecule has 5 atom stereocenters. The molecule has 1 aliphatic carbocycles.